The first kappa shape index (κ1) is 53.8. The van der Waals surface area contributed by atoms with E-state index in [1.807, 2.05) is 0 Å². The van der Waals surface area contributed by atoms with E-state index in [2.05, 4.69) is 311 Å². The third kappa shape index (κ3) is 8.10. The Kier molecular flexibility index (Phi) is 12.0. The molecule has 0 bridgehead atoms. The van der Waals surface area contributed by atoms with E-state index in [4.69, 9.17) is 8.83 Å². The quantitative estimate of drug-likeness (QED) is 0.142. The molecule has 2 heterocycles. The predicted octanol–water partition coefficient (Wildman–Crippen LogP) is 21.1. The Morgan fingerprint density at radius 1 is 0.333 bits per heavy atom. The summed E-state index contributed by atoms with van der Waals surface area (Å²) in [5, 5.41) is 7.26. The Balaban J connectivity index is 1.05. The lowest BCUT2D eigenvalue weighted by atomic mass is 9.55. The average Bonchev–Trinajstić information content (AvgIpc) is 1.46. The van der Waals surface area contributed by atoms with Crippen molar-refractivity contribution in [2.75, 3.05) is 9.80 Å². The Bertz CT molecular complexity index is 4330. The highest BCUT2D eigenvalue weighted by molar-refractivity contribution is 6.90. The molecule has 6 heteroatoms. The normalized spacial score (nSPS) is 14.5. The molecule has 0 saturated heterocycles. The third-order valence-electron chi connectivity index (χ3n) is 18.7. The molecule has 0 atom stereocenters. The lowest BCUT2D eigenvalue weighted by Gasteiger charge is -2.47. The van der Waals surface area contributed by atoms with Gasteiger partial charge in [0.1, 0.15) is 11.2 Å². The highest BCUT2D eigenvalue weighted by atomic mass is 28.3. The topological polar surface area (TPSA) is 32.8 Å². The van der Waals surface area contributed by atoms with Crippen LogP contribution in [0.4, 0.5) is 34.1 Å². The van der Waals surface area contributed by atoms with Gasteiger partial charge < -0.3 is 18.6 Å². The molecule has 2 aromatic heterocycles. The lowest BCUT2D eigenvalue weighted by molar-refractivity contribution is 0.563. The van der Waals surface area contributed by atoms with E-state index in [-0.39, 0.29) is 16.2 Å². The molecule has 10 aromatic carbocycles. The second kappa shape index (κ2) is 18.7. The number of furan rings is 2. The first-order valence-electron chi connectivity index (χ1n) is 30.2. The van der Waals surface area contributed by atoms with Crippen LogP contribution in [0.2, 0.25) is 39.3 Å². The fourth-order valence-electron chi connectivity index (χ4n) is 14.4. The lowest BCUT2D eigenvalue weighted by Crippen LogP contribution is -2.40. The van der Waals surface area contributed by atoms with Crippen LogP contribution in [-0.4, -0.2) is 16.1 Å². The summed E-state index contributed by atoms with van der Waals surface area (Å²) in [6.45, 7) is 33.0. The Hall–Kier alpha value is -8.17. The van der Waals surface area contributed by atoms with Crippen LogP contribution >= 0.6 is 0 Å². The van der Waals surface area contributed by atoms with Crippen LogP contribution in [0.25, 0.3) is 55.0 Å². The summed E-state index contributed by atoms with van der Waals surface area (Å²) in [6.07, 6.45) is 0. The number of anilines is 6. The molecule has 0 fully saturated rings. The van der Waals surface area contributed by atoms with Crippen molar-refractivity contribution >= 4 is 105 Å². The van der Waals surface area contributed by atoms with Crippen LogP contribution in [0.3, 0.4) is 0 Å². The van der Waals surface area contributed by atoms with E-state index in [1.165, 1.54) is 76.8 Å². The number of fused-ring (bicyclic) bond motifs is 15. The van der Waals surface area contributed by atoms with Crippen molar-refractivity contribution < 1.29 is 8.83 Å². The molecule has 2 aliphatic carbocycles. The smallest absolute Gasteiger partial charge is 0.159 e. The van der Waals surface area contributed by atoms with Crippen molar-refractivity contribution in [1.82, 2.24) is 0 Å². The zero-order chi connectivity index (χ0) is 58.6. The first-order chi connectivity index (χ1) is 40.0. The maximum absolute atomic E-state index is 7.29. The van der Waals surface area contributed by atoms with Crippen LogP contribution < -0.4 is 20.2 Å². The van der Waals surface area contributed by atoms with Gasteiger partial charge in [-0.25, -0.2) is 0 Å². The molecule has 84 heavy (non-hydrogen) atoms. The summed E-state index contributed by atoms with van der Waals surface area (Å²) >= 11 is 0. The van der Waals surface area contributed by atoms with Crippen molar-refractivity contribution in [3.05, 3.63) is 251 Å². The van der Waals surface area contributed by atoms with Gasteiger partial charge in [-0.05, 0) is 138 Å². The molecule has 418 valence electrons. The van der Waals surface area contributed by atoms with Crippen molar-refractivity contribution in [2.24, 2.45) is 0 Å². The van der Waals surface area contributed by atoms with E-state index in [0.29, 0.717) is 0 Å². The van der Waals surface area contributed by atoms with Gasteiger partial charge in [0, 0.05) is 49.7 Å². The minimum Gasteiger partial charge on any atom is -0.454 e. The van der Waals surface area contributed by atoms with Gasteiger partial charge in [-0.15, -0.1) is 0 Å². The number of para-hydroxylation sites is 4. The summed E-state index contributed by atoms with van der Waals surface area (Å²) in [4.78, 5) is 4.92. The summed E-state index contributed by atoms with van der Waals surface area (Å²) < 4.78 is 14.6. The molecule has 4 nitrogen and oxygen atoms in total. The van der Waals surface area contributed by atoms with Gasteiger partial charge in [-0.3, -0.25) is 0 Å². The molecule has 12 aromatic rings. The summed E-state index contributed by atoms with van der Waals surface area (Å²) in [5.74, 6) is 0. The molecule has 2 aliphatic rings. The number of hydrogen-bond donors (Lipinski definition) is 0. The molecule has 0 saturated carbocycles. The molecule has 0 amide bonds. The number of rotatable bonds is 8. The van der Waals surface area contributed by atoms with E-state index < -0.39 is 21.6 Å². The van der Waals surface area contributed by atoms with E-state index in [0.717, 1.165) is 67.2 Å². The Morgan fingerprint density at radius 2 is 0.667 bits per heavy atom. The van der Waals surface area contributed by atoms with E-state index in [9.17, 15) is 0 Å². The van der Waals surface area contributed by atoms with Crippen molar-refractivity contribution in [3.8, 4) is 11.1 Å². The third-order valence-corrected chi connectivity index (χ3v) is 22.7. The largest absolute Gasteiger partial charge is 0.454 e. The monoisotopic (exact) mass is 1130 g/mol. The second-order valence-corrected chi connectivity index (χ2v) is 38.6. The summed E-state index contributed by atoms with van der Waals surface area (Å²) in [6, 6.07) is 78.6. The average molecular weight is 1130 g/mol. The molecule has 0 unspecified atom stereocenters. The minimum atomic E-state index is -1.79. The summed E-state index contributed by atoms with van der Waals surface area (Å²) in [5.41, 5.74) is 21.9. The van der Waals surface area contributed by atoms with Crippen LogP contribution in [0.15, 0.2) is 215 Å². The van der Waals surface area contributed by atoms with Gasteiger partial charge in [-0.2, -0.15) is 0 Å². The number of benzene rings is 10. The fraction of sp³-hybridized carbons (Fsp3) is 0.231. The molecule has 0 N–H and O–H groups in total. The number of nitrogens with zero attached hydrogens (tertiary/aromatic N) is 2. The zero-order valence-electron chi connectivity index (χ0n) is 51.3. The first-order valence-corrected chi connectivity index (χ1v) is 37.2. The minimum absolute atomic E-state index is 0.0172. The molecular weight excluding hydrogens is 1050 g/mol. The highest BCUT2D eigenvalue weighted by Gasteiger charge is 2.54. The summed E-state index contributed by atoms with van der Waals surface area (Å²) in [7, 11) is -3.59. The van der Waals surface area contributed by atoms with Crippen molar-refractivity contribution in [2.45, 2.75) is 116 Å². The fourth-order valence-corrected chi connectivity index (χ4v) is 17.3. The maximum Gasteiger partial charge on any atom is 0.159 e. The van der Waals surface area contributed by atoms with Crippen molar-refractivity contribution in [1.29, 1.82) is 0 Å². The molecule has 14 rings (SSSR count). The molecule has 1 spiro atoms. The van der Waals surface area contributed by atoms with Gasteiger partial charge in [0.05, 0.1) is 32.9 Å². The van der Waals surface area contributed by atoms with E-state index >= 15 is 0 Å². The van der Waals surface area contributed by atoms with Gasteiger partial charge in [0.25, 0.3) is 0 Å². The van der Waals surface area contributed by atoms with E-state index in [1.54, 1.807) is 0 Å². The maximum atomic E-state index is 7.29. The molecule has 0 radical (unpaired) electrons. The molecule has 0 aliphatic heterocycles. The SMILES string of the molecule is CC(C)(C)c1ccc(N(c2ccc3c(c2)C2(c4cc(N(c5ccc(C(C)(C)C)cc5)c5cccc6c5oc5c([Si](C)(C)C)cccc56)ccc4-3)c3ccccc3C(C)(C)c3ccccc32)c2cccc3c2oc2c([Si](C)(C)C)cccc23)cc1. The van der Waals surface area contributed by atoms with Gasteiger partial charge in [0.2, 0.25) is 0 Å². The van der Waals surface area contributed by atoms with Crippen LogP contribution in [-0.2, 0) is 21.7 Å². The van der Waals surface area contributed by atoms with Gasteiger partial charge in [0.15, 0.2) is 11.2 Å². The standard InChI is InChI=1S/C78H76N2O2Si2/c1-75(2,3)49-35-39-51(40-36-49)79(67-31-19-23-57-59-25-21-33-69(83(9,10)11)73(59)81-71(57)67)53-43-45-55-56-46-44-54(48-66(56)78(65(55)47-53)63-29-17-15-27-61(63)77(7,8)62-28-16-18-30-64(62)78)80(52-41-37-50(38-42-52)76(4,5)6)68-32-20-24-58-60-26-22-34-70(84(12,13)14)74(60)82-72(58)68/h15-48H,1-14H3. The Morgan fingerprint density at radius 3 is 1.02 bits per heavy atom. The van der Waals surface area contributed by atoms with Crippen molar-refractivity contribution in [3.63, 3.8) is 0 Å². The molecular formula is C78H76N2O2Si2. The van der Waals surface area contributed by atoms with Crippen LogP contribution in [0, 0.1) is 0 Å². The second-order valence-electron chi connectivity index (χ2n) is 28.6. The Labute approximate surface area is 498 Å². The number of hydrogen-bond acceptors (Lipinski definition) is 4. The zero-order valence-corrected chi connectivity index (χ0v) is 53.3. The highest BCUT2D eigenvalue weighted by Crippen LogP contribution is 2.64. The van der Waals surface area contributed by atoms with Crippen LogP contribution in [0.5, 0.6) is 0 Å². The van der Waals surface area contributed by atoms with Gasteiger partial charge >= 0.3 is 0 Å². The van der Waals surface area contributed by atoms with Crippen LogP contribution in [0.1, 0.15) is 99.9 Å². The predicted molar refractivity (Wildman–Crippen MR) is 363 cm³/mol. The van der Waals surface area contributed by atoms with Gasteiger partial charge in [-0.1, -0.05) is 240 Å².